The second-order valence-electron chi connectivity index (χ2n) is 6.14. The first kappa shape index (κ1) is 14.9. The SMILES string of the molecule is Cc1ccc(OCC(=O)N2CCC(C)(CN)C2)c(C)c1. The summed E-state index contributed by atoms with van der Waals surface area (Å²) in [5.74, 6) is 0.826. The van der Waals surface area contributed by atoms with Crippen molar-refractivity contribution in [3.05, 3.63) is 29.3 Å². The van der Waals surface area contributed by atoms with E-state index < -0.39 is 0 Å². The molecule has 4 heteroatoms. The number of carbonyl (C=O) groups excluding carboxylic acids is 1. The number of benzene rings is 1. The van der Waals surface area contributed by atoms with Crippen molar-refractivity contribution in [3.63, 3.8) is 0 Å². The van der Waals surface area contributed by atoms with Gasteiger partial charge in [0.25, 0.3) is 5.91 Å². The molecule has 1 saturated heterocycles. The Kier molecular flexibility index (Phi) is 4.33. The zero-order valence-electron chi connectivity index (χ0n) is 12.6. The van der Waals surface area contributed by atoms with Crippen LogP contribution < -0.4 is 10.5 Å². The normalized spacial score (nSPS) is 22.1. The first-order valence-electron chi connectivity index (χ1n) is 7.11. The van der Waals surface area contributed by atoms with Crippen molar-refractivity contribution in [3.8, 4) is 5.75 Å². The third kappa shape index (κ3) is 3.31. The molecule has 0 spiro atoms. The lowest BCUT2D eigenvalue weighted by Crippen LogP contribution is -2.36. The van der Waals surface area contributed by atoms with Crippen LogP contribution >= 0.6 is 0 Å². The number of nitrogens with zero attached hydrogens (tertiary/aromatic N) is 1. The lowest BCUT2D eigenvalue weighted by Gasteiger charge is -2.22. The molecule has 1 aromatic rings. The van der Waals surface area contributed by atoms with E-state index in [1.165, 1.54) is 5.56 Å². The molecule has 2 rings (SSSR count). The number of amides is 1. The van der Waals surface area contributed by atoms with E-state index in [1.807, 2.05) is 30.9 Å². The highest BCUT2D eigenvalue weighted by Gasteiger charge is 2.34. The van der Waals surface area contributed by atoms with Crippen molar-refractivity contribution in [2.75, 3.05) is 26.2 Å². The van der Waals surface area contributed by atoms with Crippen LogP contribution in [-0.2, 0) is 4.79 Å². The molecule has 1 aromatic carbocycles. The van der Waals surface area contributed by atoms with Crippen LogP contribution in [0.5, 0.6) is 5.75 Å². The van der Waals surface area contributed by atoms with Crippen molar-refractivity contribution in [2.45, 2.75) is 27.2 Å². The smallest absolute Gasteiger partial charge is 0.260 e. The van der Waals surface area contributed by atoms with Crippen molar-refractivity contribution >= 4 is 5.91 Å². The third-order valence-corrected chi connectivity index (χ3v) is 4.08. The van der Waals surface area contributed by atoms with E-state index in [1.54, 1.807) is 0 Å². The Morgan fingerprint density at radius 3 is 2.80 bits per heavy atom. The highest BCUT2D eigenvalue weighted by molar-refractivity contribution is 5.78. The van der Waals surface area contributed by atoms with Gasteiger partial charge < -0.3 is 15.4 Å². The zero-order chi connectivity index (χ0) is 14.8. The minimum atomic E-state index is 0.0437. The fourth-order valence-electron chi connectivity index (χ4n) is 2.60. The molecule has 0 saturated carbocycles. The Hall–Kier alpha value is -1.55. The third-order valence-electron chi connectivity index (χ3n) is 4.08. The first-order valence-corrected chi connectivity index (χ1v) is 7.11. The monoisotopic (exact) mass is 276 g/mol. The van der Waals surface area contributed by atoms with Gasteiger partial charge in [-0.15, -0.1) is 0 Å². The van der Waals surface area contributed by atoms with Gasteiger partial charge in [-0.25, -0.2) is 0 Å². The van der Waals surface area contributed by atoms with Crippen LogP contribution in [-0.4, -0.2) is 37.0 Å². The van der Waals surface area contributed by atoms with E-state index in [0.29, 0.717) is 6.54 Å². The standard InChI is InChI=1S/C16H24N2O2/c1-12-4-5-14(13(2)8-12)20-9-15(19)18-7-6-16(3,10-17)11-18/h4-5,8H,6-7,9-11,17H2,1-3H3. The van der Waals surface area contributed by atoms with Crippen molar-refractivity contribution < 1.29 is 9.53 Å². The molecule has 0 bridgehead atoms. The summed E-state index contributed by atoms with van der Waals surface area (Å²) in [4.78, 5) is 14.0. The molecule has 0 radical (unpaired) electrons. The fraction of sp³-hybridized carbons (Fsp3) is 0.562. The summed E-state index contributed by atoms with van der Waals surface area (Å²) in [5, 5.41) is 0. The Balaban J connectivity index is 1.90. The quantitative estimate of drug-likeness (QED) is 0.913. The average Bonchev–Trinajstić information content (AvgIpc) is 2.81. The van der Waals surface area contributed by atoms with E-state index in [2.05, 4.69) is 13.0 Å². The van der Waals surface area contributed by atoms with Gasteiger partial charge in [0.1, 0.15) is 5.75 Å². The number of hydrogen-bond donors (Lipinski definition) is 1. The number of aryl methyl sites for hydroxylation is 2. The van der Waals surface area contributed by atoms with Crippen LogP contribution in [0.4, 0.5) is 0 Å². The van der Waals surface area contributed by atoms with E-state index in [0.717, 1.165) is 30.8 Å². The van der Waals surface area contributed by atoms with Gasteiger partial charge in [0.15, 0.2) is 6.61 Å². The number of nitrogens with two attached hydrogens (primary N) is 1. The first-order chi connectivity index (χ1) is 9.43. The fourth-order valence-corrected chi connectivity index (χ4v) is 2.60. The van der Waals surface area contributed by atoms with Gasteiger partial charge in [0, 0.05) is 13.1 Å². The second kappa shape index (κ2) is 5.83. The molecule has 4 nitrogen and oxygen atoms in total. The lowest BCUT2D eigenvalue weighted by molar-refractivity contribution is -0.132. The Morgan fingerprint density at radius 2 is 2.20 bits per heavy atom. The summed E-state index contributed by atoms with van der Waals surface area (Å²) < 4.78 is 5.65. The van der Waals surface area contributed by atoms with E-state index in [4.69, 9.17) is 10.5 Å². The summed E-state index contributed by atoms with van der Waals surface area (Å²) >= 11 is 0. The van der Waals surface area contributed by atoms with Crippen LogP contribution in [0.1, 0.15) is 24.5 Å². The van der Waals surface area contributed by atoms with Gasteiger partial charge in [-0.3, -0.25) is 4.79 Å². The molecule has 1 amide bonds. The molecule has 20 heavy (non-hydrogen) atoms. The summed E-state index contributed by atoms with van der Waals surface area (Å²) in [5.41, 5.74) is 8.08. The van der Waals surface area contributed by atoms with Crippen molar-refractivity contribution in [2.24, 2.45) is 11.1 Å². The van der Waals surface area contributed by atoms with Crippen molar-refractivity contribution in [1.82, 2.24) is 4.90 Å². The number of ether oxygens (including phenoxy) is 1. The highest BCUT2D eigenvalue weighted by atomic mass is 16.5. The molecule has 1 heterocycles. The predicted molar refractivity (Wildman–Crippen MR) is 79.8 cm³/mol. The number of rotatable bonds is 4. The van der Waals surface area contributed by atoms with Crippen molar-refractivity contribution in [1.29, 1.82) is 0 Å². The molecule has 0 aliphatic carbocycles. The largest absolute Gasteiger partial charge is 0.484 e. The molecule has 1 aliphatic rings. The molecular weight excluding hydrogens is 252 g/mol. The van der Waals surface area contributed by atoms with Gasteiger partial charge in [-0.1, -0.05) is 24.6 Å². The molecule has 1 unspecified atom stereocenters. The van der Waals surface area contributed by atoms with Crippen LogP contribution in [0.15, 0.2) is 18.2 Å². The lowest BCUT2D eigenvalue weighted by atomic mass is 9.90. The average molecular weight is 276 g/mol. The van der Waals surface area contributed by atoms with Crippen LogP contribution in [0.25, 0.3) is 0 Å². The Morgan fingerprint density at radius 1 is 1.45 bits per heavy atom. The Labute approximate surface area is 120 Å². The van der Waals surface area contributed by atoms with Gasteiger partial charge in [-0.05, 0) is 43.9 Å². The molecule has 1 aliphatic heterocycles. The molecular formula is C16H24N2O2. The molecule has 1 atom stereocenters. The topological polar surface area (TPSA) is 55.6 Å². The number of carbonyl (C=O) groups is 1. The van der Waals surface area contributed by atoms with Gasteiger partial charge in [0.2, 0.25) is 0 Å². The van der Waals surface area contributed by atoms with Gasteiger partial charge in [0.05, 0.1) is 0 Å². The maximum atomic E-state index is 12.2. The molecule has 2 N–H and O–H groups in total. The number of hydrogen-bond acceptors (Lipinski definition) is 3. The summed E-state index contributed by atoms with van der Waals surface area (Å²) in [6.45, 7) is 8.40. The minimum Gasteiger partial charge on any atom is -0.484 e. The summed E-state index contributed by atoms with van der Waals surface area (Å²) in [6, 6.07) is 5.97. The molecule has 110 valence electrons. The van der Waals surface area contributed by atoms with E-state index >= 15 is 0 Å². The van der Waals surface area contributed by atoms with Crippen LogP contribution in [0.2, 0.25) is 0 Å². The summed E-state index contributed by atoms with van der Waals surface area (Å²) in [7, 11) is 0. The second-order valence-corrected chi connectivity index (χ2v) is 6.14. The van der Waals surface area contributed by atoms with E-state index in [-0.39, 0.29) is 17.9 Å². The maximum absolute atomic E-state index is 12.2. The summed E-state index contributed by atoms with van der Waals surface area (Å²) in [6.07, 6.45) is 0.971. The van der Waals surface area contributed by atoms with Crippen LogP contribution in [0.3, 0.4) is 0 Å². The van der Waals surface area contributed by atoms with E-state index in [9.17, 15) is 4.79 Å². The molecule has 0 aromatic heterocycles. The zero-order valence-corrected chi connectivity index (χ0v) is 12.6. The molecule has 1 fully saturated rings. The number of likely N-dealkylation sites (tertiary alicyclic amines) is 1. The van der Waals surface area contributed by atoms with Crippen LogP contribution in [0, 0.1) is 19.3 Å². The minimum absolute atomic E-state index is 0.0437. The highest BCUT2D eigenvalue weighted by Crippen LogP contribution is 2.28. The maximum Gasteiger partial charge on any atom is 0.260 e. The Bertz CT molecular complexity index is 501. The van der Waals surface area contributed by atoms with Gasteiger partial charge in [-0.2, -0.15) is 0 Å². The van der Waals surface area contributed by atoms with Gasteiger partial charge >= 0.3 is 0 Å². The predicted octanol–water partition coefficient (Wildman–Crippen LogP) is 1.88.